The second kappa shape index (κ2) is 16.5. The molecule has 0 atom stereocenters. The minimum absolute atomic E-state index is 0.0103. The molecule has 0 saturated heterocycles. The van der Waals surface area contributed by atoms with E-state index in [0.29, 0.717) is 39.4 Å². The van der Waals surface area contributed by atoms with E-state index in [2.05, 4.69) is 76.5 Å². The highest BCUT2D eigenvalue weighted by molar-refractivity contribution is 5.74. The number of H-pyrrole nitrogens is 1. The molecule has 44 heavy (non-hydrogen) atoms. The van der Waals surface area contributed by atoms with Crippen LogP contribution in [0.5, 0.6) is 5.75 Å². The molecule has 2 amide bonds. The van der Waals surface area contributed by atoms with Gasteiger partial charge in [-0.05, 0) is 71.5 Å². The molecule has 1 aliphatic rings. The average molecular weight is 600 g/mol. The summed E-state index contributed by atoms with van der Waals surface area (Å²) >= 11 is 0. The Hall–Kier alpha value is -4.34. The second-order valence-corrected chi connectivity index (χ2v) is 11.1. The molecule has 1 heterocycles. The first-order chi connectivity index (χ1) is 21.3. The van der Waals surface area contributed by atoms with Crippen LogP contribution in [0.1, 0.15) is 48.3 Å². The maximum absolute atomic E-state index is 11.0. The van der Waals surface area contributed by atoms with Crippen LogP contribution >= 0.6 is 0 Å². The van der Waals surface area contributed by atoms with Crippen LogP contribution in [-0.2, 0) is 34.1 Å². The molecule has 1 aliphatic carbocycles. The van der Waals surface area contributed by atoms with Crippen molar-refractivity contribution in [2.75, 3.05) is 32.7 Å². The molecule has 1 aromatic heterocycles. The van der Waals surface area contributed by atoms with Crippen LogP contribution in [0.2, 0.25) is 0 Å². The summed E-state index contributed by atoms with van der Waals surface area (Å²) in [6, 6.07) is 16.7. The van der Waals surface area contributed by atoms with E-state index in [-0.39, 0.29) is 11.8 Å². The predicted molar refractivity (Wildman–Crippen MR) is 174 cm³/mol. The number of rotatable bonds is 17. The normalized spacial score (nSPS) is 12.5. The SMILES string of the molecule is CC(=O)NCCNCC1=CC=C(OCc2cccc(-c3cccc(OCc4ccc(CNCCNC(C)=O)[nH]4)c3C)c2C)C1. The highest BCUT2D eigenvalue weighted by Crippen LogP contribution is 2.34. The summed E-state index contributed by atoms with van der Waals surface area (Å²) < 4.78 is 12.5. The fourth-order valence-electron chi connectivity index (χ4n) is 5.10. The summed E-state index contributed by atoms with van der Waals surface area (Å²) in [5, 5.41) is 12.2. The van der Waals surface area contributed by atoms with Crippen molar-refractivity contribution < 1.29 is 19.1 Å². The lowest BCUT2D eigenvalue weighted by atomic mass is 9.93. The minimum Gasteiger partial charge on any atom is -0.493 e. The zero-order valence-corrected chi connectivity index (χ0v) is 26.3. The maximum Gasteiger partial charge on any atom is 0.216 e. The Kier molecular flexibility index (Phi) is 12.2. The van der Waals surface area contributed by atoms with Crippen LogP contribution in [0.3, 0.4) is 0 Å². The van der Waals surface area contributed by atoms with E-state index in [1.807, 2.05) is 24.3 Å². The summed E-state index contributed by atoms with van der Waals surface area (Å²) in [5.41, 5.74) is 9.10. The van der Waals surface area contributed by atoms with Crippen molar-refractivity contribution in [1.82, 2.24) is 26.3 Å². The van der Waals surface area contributed by atoms with Gasteiger partial charge in [0.05, 0.1) is 5.69 Å². The topological polar surface area (TPSA) is 117 Å². The number of hydrogen-bond donors (Lipinski definition) is 5. The van der Waals surface area contributed by atoms with Crippen molar-refractivity contribution in [1.29, 1.82) is 0 Å². The zero-order valence-electron chi connectivity index (χ0n) is 26.3. The van der Waals surface area contributed by atoms with Gasteiger partial charge < -0.3 is 35.7 Å². The number of hydrogen-bond acceptors (Lipinski definition) is 6. The van der Waals surface area contributed by atoms with Crippen molar-refractivity contribution in [2.24, 2.45) is 0 Å². The first-order valence-electron chi connectivity index (χ1n) is 15.2. The monoisotopic (exact) mass is 599 g/mol. The third-order valence-electron chi connectivity index (χ3n) is 7.55. The molecular weight excluding hydrogens is 554 g/mol. The van der Waals surface area contributed by atoms with Gasteiger partial charge in [0.1, 0.15) is 24.7 Å². The standard InChI is InChI=1S/C35H45N5O4/c1-24-29(22-43-32-14-11-28(19-32)20-36-15-17-38-26(3)41)7-5-8-33(24)34-9-6-10-35(25(34)2)44-23-31-13-12-30(40-31)21-37-16-18-39-27(4)42/h5-14,36-37,40H,15-23H2,1-4H3,(H,38,41)(H,39,42). The molecule has 0 radical (unpaired) electrons. The van der Waals surface area contributed by atoms with Gasteiger partial charge in [0.25, 0.3) is 0 Å². The maximum atomic E-state index is 11.0. The first kappa shape index (κ1) is 32.6. The number of carbonyl (C=O) groups is 2. The zero-order chi connectivity index (χ0) is 31.3. The van der Waals surface area contributed by atoms with Crippen LogP contribution in [0.15, 0.2) is 72.0 Å². The van der Waals surface area contributed by atoms with Crippen molar-refractivity contribution in [2.45, 2.75) is 53.9 Å². The number of aromatic amines is 1. The van der Waals surface area contributed by atoms with E-state index in [0.717, 1.165) is 59.1 Å². The fourth-order valence-corrected chi connectivity index (χ4v) is 5.10. The summed E-state index contributed by atoms with van der Waals surface area (Å²) in [4.78, 5) is 25.4. The summed E-state index contributed by atoms with van der Waals surface area (Å²) in [7, 11) is 0. The minimum atomic E-state index is -0.0196. The van der Waals surface area contributed by atoms with E-state index in [4.69, 9.17) is 9.47 Å². The van der Waals surface area contributed by atoms with Crippen molar-refractivity contribution in [3.05, 3.63) is 100 Å². The van der Waals surface area contributed by atoms with Gasteiger partial charge in [-0.15, -0.1) is 0 Å². The Balaban J connectivity index is 1.28. The van der Waals surface area contributed by atoms with Crippen LogP contribution < -0.4 is 26.0 Å². The molecule has 0 aliphatic heterocycles. The van der Waals surface area contributed by atoms with Gasteiger partial charge in [-0.1, -0.05) is 36.4 Å². The van der Waals surface area contributed by atoms with Gasteiger partial charge >= 0.3 is 0 Å². The fraction of sp³-hybridized carbons (Fsp3) is 0.371. The number of allylic oxidation sites excluding steroid dienone is 3. The molecule has 0 fully saturated rings. The lowest BCUT2D eigenvalue weighted by molar-refractivity contribution is -0.119. The van der Waals surface area contributed by atoms with Crippen molar-refractivity contribution in [3.63, 3.8) is 0 Å². The van der Waals surface area contributed by atoms with Gasteiger partial charge in [0.15, 0.2) is 0 Å². The quantitative estimate of drug-likeness (QED) is 0.145. The second-order valence-electron chi connectivity index (χ2n) is 11.1. The third-order valence-corrected chi connectivity index (χ3v) is 7.55. The van der Waals surface area contributed by atoms with Gasteiger partial charge in [0, 0.05) is 65.2 Å². The van der Waals surface area contributed by atoms with Crippen LogP contribution in [0.4, 0.5) is 0 Å². The Morgan fingerprint density at radius 1 is 0.727 bits per heavy atom. The third kappa shape index (κ3) is 9.86. The Morgan fingerprint density at radius 3 is 2.11 bits per heavy atom. The van der Waals surface area contributed by atoms with Gasteiger partial charge in [-0.2, -0.15) is 0 Å². The molecule has 5 N–H and O–H groups in total. The molecule has 4 rings (SSSR count). The number of nitrogens with one attached hydrogen (secondary N) is 5. The molecule has 0 unspecified atom stereocenters. The molecule has 3 aromatic rings. The van der Waals surface area contributed by atoms with Gasteiger partial charge in [-0.25, -0.2) is 0 Å². The van der Waals surface area contributed by atoms with E-state index in [1.165, 1.54) is 30.5 Å². The number of amides is 2. The lowest BCUT2D eigenvalue weighted by Crippen LogP contribution is -2.31. The summed E-state index contributed by atoms with van der Waals surface area (Å²) in [6.07, 6.45) is 4.95. The predicted octanol–water partition coefficient (Wildman–Crippen LogP) is 4.56. The van der Waals surface area contributed by atoms with Gasteiger partial charge in [-0.3, -0.25) is 9.59 Å². The van der Waals surface area contributed by atoms with Crippen molar-refractivity contribution in [3.8, 4) is 16.9 Å². The van der Waals surface area contributed by atoms with E-state index in [1.54, 1.807) is 0 Å². The molecule has 234 valence electrons. The highest BCUT2D eigenvalue weighted by atomic mass is 16.5. The number of benzene rings is 2. The number of carbonyl (C=O) groups excluding carboxylic acids is 2. The van der Waals surface area contributed by atoms with Crippen LogP contribution in [0.25, 0.3) is 11.1 Å². The first-order valence-corrected chi connectivity index (χ1v) is 15.2. The molecule has 9 nitrogen and oxygen atoms in total. The molecule has 0 spiro atoms. The Labute approximate surface area is 260 Å². The van der Waals surface area contributed by atoms with Crippen LogP contribution in [0, 0.1) is 13.8 Å². The summed E-state index contributed by atoms with van der Waals surface area (Å²) in [5.74, 6) is 1.79. The molecule has 9 heteroatoms. The van der Waals surface area contributed by atoms with E-state index in [9.17, 15) is 9.59 Å². The molecule has 0 saturated carbocycles. The summed E-state index contributed by atoms with van der Waals surface area (Å²) in [6.45, 7) is 12.4. The molecule has 2 aromatic carbocycles. The number of aromatic nitrogens is 1. The average Bonchev–Trinajstić information content (AvgIpc) is 3.65. The van der Waals surface area contributed by atoms with Gasteiger partial charge in [0.2, 0.25) is 11.8 Å². The molecular formula is C35H45N5O4. The smallest absolute Gasteiger partial charge is 0.216 e. The molecule has 0 bridgehead atoms. The van der Waals surface area contributed by atoms with E-state index < -0.39 is 0 Å². The van der Waals surface area contributed by atoms with Crippen molar-refractivity contribution >= 4 is 11.8 Å². The highest BCUT2D eigenvalue weighted by Gasteiger charge is 2.14. The van der Waals surface area contributed by atoms with E-state index >= 15 is 0 Å². The lowest BCUT2D eigenvalue weighted by Gasteiger charge is -2.17. The largest absolute Gasteiger partial charge is 0.493 e. The Bertz CT molecular complexity index is 1490. The Morgan fingerprint density at radius 2 is 1.39 bits per heavy atom. The van der Waals surface area contributed by atoms with Crippen LogP contribution in [-0.4, -0.2) is 49.5 Å². The number of ether oxygens (including phenoxy) is 2.